The fourth-order valence-corrected chi connectivity index (χ4v) is 4.86. The number of rotatable bonds is 8. The van der Waals surface area contributed by atoms with Crippen molar-refractivity contribution in [3.05, 3.63) is 54.2 Å². The van der Waals surface area contributed by atoms with Crippen LogP contribution in [-0.2, 0) is 5.60 Å². The molecule has 0 amide bonds. The van der Waals surface area contributed by atoms with Gasteiger partial charge in [-0.25, -0.2) is 0 Å². The summed E-state index contributed by atoms with van der Waals surface area (Å²) >= 11 is 0. The summed E-state index contributed by atoms with van der Waals surface area (Å²) in [4.78, 5) is 10.7. The zero-order valence-corrected chi connectivity index (χ0v) is 20.2. The predicted octanol–water partition coefficient (Wildman–Crippen LogP) is 5.48. The van der Waals surface area contributed by atoms with Gasteiger partial charge in [-0.15, -0.1) is 0 Å². The second-order valence-corrected chi connectivity index (χ2v) is 9.64. The van der Waals surface area contributed by atoms with Crippen LogP contribution in [0.1, 0.15) is 38.7 Å². The van der Waals surface area contributed by atoms with E-state index in [9.17, 15) is 5.11 Å². The maximum absolute atomic E-state index is 10.3. The van der Waals surface area contributed by atoms with Gasteiger partial charge in [0.2, 0.25) is 0 Å². The highest BCUT2D eigenvalue weighted by Crippen LogP contribution is 2.39. The molecule has 0 spiro atoms. The monoisotopic (exact) mass is 459 g/mol. The van der Waals surface area contributed by atoms with Crippen LogP contribution in [0.2, 0.25) is 0 Å². The number of fused-ring (bicyclic) bond motifs is 3. The molecule has 0 unspecified atom stereocenters. The van der Waals surface area contributed by atoms with Crippen molar-refractivity contribution < 1.29 is 14.6 Å². The number of ether oxygens (including phenoxy) is 2. The van der Waals surface area contributed by atoms with Crippen LogP contribution in [0.15, 0.2) is 48.7 Å². The molecule has 6 heteroatoms. The Hall–Kier alpha value is -3.09. The standard InChI is InChI=1S/C28H33N3O3/c1-28(2,32)20-9-7-19(8-10-20)27-26-21-17-24(33-3)25(18-23(21)30-22(26)11-12-29-27)34-16-6-15-31-13-4-5-14-31/h7-12,17-18,30,32H,4-6,13-16H2,1-3H3. The number of aromatic nitrogens is 2. The number of pyridine rings is 1. The summed E-state index contributed by atoms with van der Waals surface area (Å²) in [6, 6.07) is 14.0. The summed E-state index contributed by atoms with van der Waals surface area (Å²) in [6.45, 7) is 7.75. The second-order valence-electron chi connectivity index (χ2n) is 9.64. The smallest absolute Gasteiger partial charge is 0.163 e. The number of hydrogen-bond acceptors (Lipinski definition) is 5. The molecule has 2 N–H and O–H groups in total. The van der Waals surface area contributed by atoms with Gasteiger partial charge in [0.25, 0.3) is 0 Å². The molecule has 5 rings (SSSR count). The summed E-state index contributed by atoms with van der Waals surface area (Å²) in [5, 5.41) is 12.4. The Kier molecular flexibility index (Phi) is 6.19. The Balaban J connectivity index is 1.46. The van der Waals surface area contributed by atoms with Crippen molar-refractivity contribution in [1.82, 2.24) is 14.9 Å². The van der Waals surface area contributed by atoms with E-state index in [1.54, 1.807) is 21.0 Å². The maximum atomic E-state index is 10.3. The molecule has 0 atom stereocenters. The van der Waals surface area contributed by atoms with Gasteiger partial charge in [-0.1, -0.05) is 24.3 Å². The van der Waals surface area contributed by atoms with Crippen molar-refractivity contribution >= 4 is 21.8 Å². The Morgan fingerprint density at radius 2 is 1.79 bits per heavy atom. The minimum atomic E-state index is -0.878. The van der Waals surface area contributed by atoms with E-state index in [-0.39, 0.29) is 0 Å². The summed E-state index contributed by atoms with van der Waals surface area (Å²) in [6.07, 6.45) is 5.45. The highest BCUT2D eigenvalue weighted by atomic mass is 16.5. The molecule has 2 aromatic heterocycles. The number of aromatic amines is 1. The maximum Gasteiger partial charge on any atom is 0.163 e. The third kappa shape index (κ3) is 4.48. The van der Waals surface area contributed by atoms with Crippen molar-refractivity contribution in [1.29, 1.82) is 0 Å². The second kappa shape index (κ2) is 9.28. The van der Waals surface area contributed by atoms with E-state index in [1.807, 2.05) is 48.7 Å². The van der Waals surface area contributed by atoms with Crippen LogP contribution in [0, 0.1) is 0 Å². The van der Waals surface area contributed by atoms with E-state index in [2.05, 4.69) is 9.88 Å². The van der Waals surface area contributed by atoms with Gasteiger partial charge < -0.3 is 24.5 Å². The SMILES string of the molecule is COc1cc2c(cc1OCCCN1CCCC1)[nH]c1ccnc(-c3ccc(C(C)(C)O)cc3)c12. The van der Waals surface area contributed by atoms with Crippen LogP contribution in [0.25, 0.3) is 33.1 Å². The number of nitrogens with zero attached hydrogens (tertiary/aromatic N) is 2. The number of benzene rings is 2. The zero-order chi connectivity index (χ0) is 23.7. The Morgan fingerprint density at radius 1 is 1.03 bits per heavy atom. The first kappa shape index (κ1) is 22.7. The molecule has 1 fully saturated rings. The van der Waals surface area contributed by atoms with Gasteiger partial charge in [0.1, 0.15) is 0 Å². The first-order valence-corrected chi connectivity index (χ1v) is 12.1. The largest absolute Gasteiger partial charge is 0.493 e. The number of aliphatic hydroxyl groups is 1. The molecule has 0 bridgehead atoms. The summed E-state index contributed by atoms with van der Waals surface area (Å²) in [7, 11) is 1.68. The van der Waals surface area contributed by atoms with Crippen molar-refractivity contribution in [3.8, 4) is 22.8 Å². The number of H-pyrrole nitrogens is 1. The predicted molar refractivity (Wildman–Crippen MR) is 137 cm³/mol. The molecular formula is C28H33N3O3. The van der Waals surface area contributed by atoms with Gasteiger partial charge in [0, 0.05) is 35.1 Å². The average Bonchev–Trinajstić information content (AvgIpc) is 3.48. The normalized spacial score (nSPS) is 14.8. The molecule has 34 heavy (non-hydrogen) atoms. The first-order valence-electron chi connectivity index (χ1n) is 12.1. The lowest BCUT2D eigenvalue weighted by Gasteiger charge is -2.18. The van der Waals surface area contributed by atoms with Crippen LogP contribution in [0.5, 0.6) is 11.5 Å². The molecule has 0 radical (unpaired) electrons. The highest BCUT2D eigenvalue weighted by molar-refractivity contribution is 6.13. The third-order valence-corrected chi connectivity index (χ3v) is 6.73. The van der Waals surface area contributed by atoms with Gasteiger partial charge in [-0.2, -0.15) is 0 Å². The lowest BCUT2D eigenvalue weighted by molar-refractivity contribution is 0.0786. The minimum Gasteiger partial charge on any atom is -0.493 e. The Labute approximate surface area is 200 Å². The zero-order valence-electron chi connectivity index (χ0n) is 20.2. The molecule has 178 valence electrons. The fraction of sp³-hybridized carbons (Fsp3) is 0.393. The van der Waals surface area contributed by atoms with Crippen molar-refractivity contribution in [2.75, 3.05) is 33.4 Å². The number of nitrogens with one attached hydrogen (secondary N) is 1. The molecule has 6 nitrogen and oxygen atoms in total. The van der Waals surface area contributed by atoms with E-state index >= 15 is 0 Å². The number of methoxy groups -OCH3 is 1. The van der Waals surface area contributed by atoms with Gasteiger partial charge in [-0.05, 0) is 63.9 Å². The quantitative estimate of drug-likeness (QED) is 0.341. The van der Waals surface area contributed by atoms with Gasteiger partial charge in [-0.3, -0.25) is 4.98 Å². The molecule has 2 aromatic carbocycles. The average molecular weight is 460 g/mol. The van der Waals surface area contributed by atoms with Crippen molar-refractivity contribution in [2.24, 2.45) is 0 Å². The molecule has 4 aromatic rings. The van der Waals surface area contributed by atoms with E-state index in [1.165, 1.54) is 25.9 Å². The third-order valence-electron chi connectivity index (χ3n) is 6.73. The van der Waals surface area contributed by atoms with Crippen LogP contribution in [-0.4, -0.2) is 53.3 Å². The topological polar surface area (TPSA) is 70.6 Å². The van der Waals surface area contributed by atoms with E-state index < -0.39 is 5.60 Å². The number of likely N-dealkylation sites (tertiary alicyclic amines) is 1. The molecule has 1 aliphatic rings. The summed E-state index contributed by atoms with van der Waals surface area (Å²) in [5.41, 5.74) is 3.90. The molecule has 0 aliphatic carbocycles. The van der Waals surface area contributed by atoms with Gasteiger partial charge in [0.15, 0.2) is 11.5 Å². The summed E-state index contributed by atoms with van der Waals surface area (Å²) in [5.74, 6) is 1.48. The molecular weight excluding hydrogens is 426 g/mol. The van der Waals surface area contributed by atoms with Crippen LogP contribution in [0.4, 0.5) is 0 Å². The van der Waals surface area contributed by atoms with Crippen LogP contribution < -0.4 is 9.47 Å². The van der Waals surface area contributed by atoms with Gasteiger partial charge in [0.05, 0.1) is 36.0 Å². The summed E-state index contributed by atoms with van der Waals surface area (Å²) < 4.78 is 11.8. The fourth-order valence-electron chi connectivity index (χ4n) is 4.86. The lowest BCUT2D eigenvalue weighted by Crippen LogP contribution is -2.21. The van der Waals surface area contributed by atoms with Crippen LogP contribution in [0.3, 0.4) is 0 Å². The Morgan fingerprint density at radius 3 is 2.50 bits per heavy atom. The van der Waals surface area contributed by atoms with E-state index in [0.717, 1.165) is 63.1 Å². The van der Waals surface area contributed by atoms with Crippen LogP contribution >= 0.6 is 0 Å². The molecule has 1 aliphatic heterocycles. The Bertz CT molecular complexity index is 1280. The lowest BCUT2D eigenvalue weighted by atomic mass is 9.96. The van der Waals surface area contributed by atoms with E-state index in [4.69, 9.17) is 14.5 Å². The first-order chi connectivity index (χ1) is 16.4. The molecule has 0 saturated carbocycles. The minimum absolute atomic E-state index is 0.666. The van der Waals surface area contributed by atoms with Gasteiger partial charge >= 0.3 is 0 Å². The highest BCUT2D eigenvalue weighted by Gasteiger charge is 2.18. The van der Waals surface area contributed by atoms with Crippen molar-refractivity contribution in [3.63, 3.8) is 0 Å². The molecule has 3 heterocycles. The molecule has 1 saturated heterocycles. The number of hydrogen-bond donors (Lipinski definition) is 2. The van der Waals surface area contributed by atoms with Crippen molar-refractivity contribution in [2.45, 2.75) is 38.7 Å². The van der Waals surface area contributed by atoms with E-state index in [0.29, 0.717) is 6.61 Å².